The number of aryl methyl sites for hydroxylation is 1. The second-order valence-corrected chi connectivity index (χ2v) is 4.87. The number of nitrogens with one attached hydrogen (secondary N) is 1. The van der Waals surface area contributed by atoms with Crippen LogP contribution in [0.5, 0.6) is 0 Å². The highest BCUT2D eigenvalue weighted by Gasteiger charge is 2.49. The number of rotatable bonds is 4. The number of aromatic nitrogens is 2. The van der Waals surface area contributed by atoms with Crippen LogP contribution in [0.2, 0.25) is 0 Å². The predicted molar refractivity (Wildman–Crippen MR) is 69.5 cm³/mol. The van der Waals surface area contributed by atoms with Gasteiger partial charge >= 0.3 is 5.69 Å². The monoisotopic (exact) mass is 299 g/mol. The van der Waals surface area contributed by atoms with Gasteiger partial charge in [0.1, 0.15) is 18.4 Å². The number of aliphatic hydroxyl groups is 1. The van der Waals surface area contributed by atoms with Crippen LogP contribution < -0.4 is 11.2 Å². The Morgan fingerprint density at radius 3 is 3.00 bits per heavy atom. The van der Waals surface area contributed by atoms with Crippen molar-refractivity contribution < 1.29 is 14.2 Å². The van der Waals surface area contributed by atoms with Crippen LogP contribution in [-0.2, 0) is 4.74 Å². The molecule has 0 aromatic carbocycles. The van der Waals surface area contributed by atoms with E-state index in [4.69, 9.17) is 10.3 Å². The molecular weight excluding hydrogens is 285 g/mol. The minimum absolute atomic E-state index is 0.121. The van der Waals surface area contributed by atoms with E-state index < -0.39 is 42.4 Å². The molecule has 2 rings (SSSR count). The van der Waals surface area contributed by atoms with E-state index >= 15 is 0 Å². The van der Waals surface area contributed by atoms with Crippen molar-refractivity contribution in [2.45, 2.75) is 31.2 Å². The number of H-pyrrole nitrogens is 1. The SMILES string of the molecule is Cc1cn([C@H]2C[C@@](CF)(N=[N+]=[N-])[C@@H](CO)O2)c(=O)[nH]c1=O. The molecule has 0 radical (unpaired) electrons. The molecule has 2 N–H and O–H groups in total. The third-order valence-corrected chi connectivity index (χ3v) is 3.55. The second kappa shape index (κ2) is 5.68. The van der Waals surface area contributed by atoms with E-state index in [0.717, 1.165) is 4.57 Å². The first-order valence-electron chi connectivity index (χ1n) is 6.18. The highest BCUT2D eigenvalue weighted by Crippen LogP contribution is 2.39. The molecule has 1 saturated heterocycles. The van der Waals surface area contributed by atoms with Gasteiger partial charge in [0.05, 0.1) is 12.7 Å². The number of nitrogens with zero attached hydrogens (tertiary/aromatic N) is 4. The topological polar surface area (TPSA) is 133 Å². The summed E-state index contributed by atoms with van der Waals surface area (Å²) in [6.45, 7) is -0.0878. The molecule has 9 nitrogen and oxygen atoms in total. The maximum atomic E-state index is 13.3. The normalized spacial score (nSPS) is 28.3. The zero-order chi connectivity index (χ0) is 15.6. The van der Waals surface area contributed by atoms with Crippen molar-refractivity contribution in [2.24, 2.45) is 5.11 Å². The van der Waals surface area contributed by atoms with Gasteiger partial charge in [-0.3, -0.25) is 18.7 Å². The van der Waals surface area contributed by atoms with Crippen molar-refractivity contribution in [1.29, 1.82) is 0 Å². The van der Waals surface area contributed by atoms with E-state index in [1.165, 1.54) is 13.1 Å². The summed E-state index contributed by atoms with van der Waals surface area (Å²) >= 11 is 0. The third-order valence-electron chi connectivity index (χ3n) is 3.55. The zero-order valence-corrected chi connectivity index (χ0v) is 11.2. The van der Waals surface area contributed by atoms with E-state index in [2.05, 4.69) is 15.0 Å². The van der Waals surface area contributed by atoms with Crippen LogP contribution in [-0.4, -0.2) is 39.6 Å². The summed E-state index contributed by atoms with van der Waals surface area (Å²) in [5.41, 5.74) is 6.03. The van der Waals surface area contributed by atoms with Crippen molar-refractivity contribution in [2.75, 3.05) is 13.3 Å². The number of alkyl halides is 1. The van der Waals surface area contributed by atoms with Gasteiger partial charge in [-0.1, -0.05) is 5.11 Å². The molecule has 10 heteroatoms. The predicted octanol–water partition coefficient (Wildman–Crippen LogP) is 0.143. The van der Waals surface area contributed by atoms with Gasteiger partial charge in [0.2, 0.25) is 0 Å². The lowest BCUT2D eigenvalue weighted by Crippen LogP contribution is -2.40. The smallest absolute Gasteiger partial charge is 0.330 e. The van der Waals surface area contributed by atoms with Gasteiger partial charge in [-0.15, -0.1) is 0 Å². The molecule has 1 aliphatic heterocycles. The minimum atomic E-state index is -1.57. The van der Waals surface area contributed by atoms with Crippen molar-refractivity contribution in [3.63, 3.8) is 0 Å². The van der Waals surface area contributed by atoms with E-state index in [-0.39, 0.29) is 12.0 Å². The van der Waals surface area contributed by atoms with Crippen LogP contribution in [0.15, 0.2) is 20.9 Å². The fourth-order valence-corrected chi connectivity index (χ4v) is 2.34. The Morgan fingerprint density at radius 1 is 1.71 bits per heavy atom. The zero-order valence-electron chi connectivity index (χ0n) is 11.2. The summed E-state index contributed by atoms with van der Waals surface area (Å²) in [4.78, 5) is 27.8. The molecule has 1 fully saturated rings. The van der Waals surface area contributed by atoms with Crippen LogP contribution >= 0.6 is 0 Å². The number of ether oxygens (including phenoxy) is 1. The molecule has 1 aliphatic rings. The first-order chi connectivity index (χ1) is 9.97. The summed E-state index contributed by atoms with van der Waals surface area (Å²) in [7, 11) is 0. The quantitative estimate of drug-likeness (QED) is 0.464. The second-order valence-electron chi connectivity index (χ2n) is 4.87. The molecule has 0 spiro atoms. The highest BCUT2D eigenvalue weighted by molar-refractivity contribution is 5.06. The molecule has 0 unspecified atom stereocenters. The number of azide groups is 1. The number of aliphatic hydroxyl groups excluding tert-OH is 1. The minimum Gasteiger partial charge on any atom is -0.394 e. The summed E-state index contributed by atoms with van der Waals surface area (Å²) in [5.74, 6) is 0. The van der Waals surface area contributed by atoms with E-state index in [0.29, 0.717) is 0 Å². The van der Waals surface area contributed by atoms with E-state index in [1.807, 2.05) is 0 Å². The fourth-order valence-electron chi connectivity index (χ4n) is 2.34. The van der Waals surface area contributed by atoms with Crippen LogP contribution in [0.25, 0.3) is 10.4 Å². The fraction of sp³-hybridized carbons (Fsp3) is 0.636. The van der Waals surface area contributed by atoms with Crippen LogP contribution in [0.4, 0.5) is 4.39 Å². The summed E-state index contributed by atoms with van der Waals surface area (Å²) in [6, 6.07) is 0. The summed E-state index contributed by atoms with van der Waals surface area (Å²) < 4.78 is 19.8. The van der Waals surface area contributed by atoms with Crippen molar-refractivity contribution in [3.8, 4) is 0 Å². The van der Waals surface area contributed by atoms with E-state index in [1.54, 1.807) is 0 Å². The standard InChI is InChI=1S/C11H14FN5O4/c1-6-3-17(10(20)14-9(6)19)8-2-11(5-12,15-16-13)7(4-18)21-8/h3,7-8,18H,2,4-5H2,1H3,(H,14,19,20)/t7-,8-,11+/m1/s1. The third kappa shape index (κ3) is 2.56. The number of halogens is 1. The molecule has 114 valence electrons. The van der Waals surface area contributed by atoms with Crippen molar-refractivity contribution >= 4 is 0 Å². The summed E-state index contributed by atoms with van der Waals surface area (Å²) in [6.07, 6.45) is -0.844. The molecule has 0 bridgehead atoms. The molecule has 3 atom stereocenters. The molecule has 1 aromatic heterocycles. The Hall–Kier alpha value is -2.16. The van der Waals surface area contributed by atoms with Gasteiger partial charge in [-0.2, -0.15) is 0 Å². The first-order valence-corrected chi connectivity index (χ1v) is 6.18. The Kier molecular flexibility index (Phi) is 4.12. The molecule has 0 saturated carbocycles. The number of aromatic amines is 1. The lowest BCUT2D eigenvalue weighted by molar-refractivity contribution is -0.0380. The maximum Gasteiger partial charge on any atom is 0.330 e. The van der Waals surface area contributed by atoms with Crippen molar-refractivity contribution in [1.82, 2.24) is 9.55 Å². The number of hydrogen-bond acceptors (Lipinski definition) is 5. The average molecular weight is 299 g/mol. The number of hydrogen-bond donors (Lipinski definition) is 2. The van der Waals surface area contributed by atoms with Crippen LogP contribution in [0.3, 0.4) is 0 Å². The Labute approximate surface area is 117 Å². The van der Waals surface area contributed by atoms with Crippen LogP contribution in [0, 0.1) is 6.92 Å². The lowest BCUT2D eigenvalue weighted by Gasteiger charge is -2.23. The van der Waals surface area contributed by atoms with Gasteiger partial charge < -0.3 is 9.84 Å². The Morgan fingerprint density at radius 2 is 2.43 bits per heavy atom. The van der Waals surface area contributed by atoms with Gasteiger partial charge in [0.25, 0.3) is 5.56 Å². The highest BCUT2D eigenvalue weighted by atomic mass is 19.1. The largest absolute Gasteiger partial charge is 0.394 e. The van der Waals surface area contributed by atoms with Gasteiger partial charge in [-0.05, 0) is 12.5 Å². The Balaban J connectivity index is 2.45. The lowest BCUT2D eigenvalue weighted by atomic mass is 9.93. The molecule has 0 amide bonds. The van der Waals surface area contributed by atoms with E-state index in [9.17, 15) is 19.1 Å². The molecule has 2 heterocycles. The average Bonchev–Trinajstić information content (AvgIpc) is 2.82. The molecule has 1 aromatic rings. The van der Waals surface area contributed by atoms with Gasteiger partial charge in [0, 0.05) is 23.1 Å². The van der Waals surface area contributed by atoms with Gasteiger partial charge in [0.15, 0.2) is 0 Å². The van der Waals surface area contributed by atoms with Crippen LogP contribution in [0.1, 0.15) is 18.2 Å². The molecule has 21 heavy (non-hydrogen) atoms. The maximum absolute atomic E-state index is 13.3. The van der Waals surface area contributed by atoms with Gasteiger partial charge in [-0.25, -0.2) is 4.79 Å². The molecular formula is C11H14FN5O4. The summed E-state index contributed by atoms with van der Waals surface area (Å²) in [5, 5.41) is 12.7. The molecule has 0 aliphatic carbocycles. The first kappa shape index (κ1) is 15.2. The van der Waals surface area contributed by atoms with Crippen molar-refractivity contribution in [3.05, 3.63) is 43.0 Å². The Bertz CT molecular complexity index is 695.